The molecule has 0 amide bonds. The highest BCUT2D eigenvalue weighted by atomic mass is 35.5. The van der Waals surface area contributed by atoms with E-state index in [1.807, 2.05) is 25.1 Å². The lowest BCUT2D eigenvalue weighted by atomic mass is 9.75. The summed E-state index contributed by atoms with van der Waals surface area (Å²) >= 11 is 6.18. The van der Waals surface area contributed by atoms with Crippen LogP contribution in [0.25, 0.3) is 0 Å². The van der Waals surface area contributed by atoms with Crippen LogP contribution in [-0.2, 0) is 22.9 Å². The third-order valence-corrected chi connectivity index (χ3v) is 8.60. The van der Waals surface area contributed by atoms with Gasteiger partial charge in [-0.05, 0) is 60.1 Å². The molecule has 1 aliphatic heterocycles. The van der Waals surface area contributed by atoms with Crippen LogP contribution in [0.3, 0.4) is 0 Å². The van der Waals surface area contributed by atoms with Gasteiger partial charge in [0.05, 0.1) is 5.75 Å². The van der Waals surface area contributed by atoms with E-state index >= 15 is 0 Å². The van der Waals surface area contributed by atoms with Crippen molar-refractivity contribution in [1.82, 2.24) is 4.31 Å². The van der Waals surface area contributed by atoms with E-state index in [-0.39, 0.29) is 23.6 Å². The van der Waals surface area contributed by atoms with Gasteiger partial charge in [0.25, 0.3) is 0 Å². The van der Waals surface area contributed by atoms with Crippen molar-refractivity contribution in [2.75, 3.05) is 18.8 Å². The summed E-state index contributed by atoms with van der Waals surface area (Å²) in [5, 5.41) is 0.753. The van der Waals surface area contributed by atoms with Gasteiger partial charge in [-0.3, -0.25) is 0 Å². The van der Waals surface area contributed by atoms with Crippen LogP contribution in [-0.4, -0.2) is 37.6 Å². The first-order valence-corrected chi connectivity index (χ1v) is 12.5. The summed E-state index contributed by atoms with van der Waals surface area (Å²) in [6, 6.07) is 14.8. The van der Waals surface area contributed by atoms with E-state index in [1.54, 1.807) is 4.31 Å². The number of halogens is 1. The fourth-order valence-electron chi connectivity index (χ4n) is 4.64. The number of hydrogen-bond acceptors (Lipinski definition) is 3. The molecule has 2 aliphatic rings. The smallest absolute Gasteiger partial charge is 0.214 e. The van der Waals surface area contributed by atoms with Crippen molar-refractivity contribution < 1.29 is 8.42 Å². The predicted molar refractivity (Wildman–Crippen MR) is 119 cm³/mol. The largest absolute Gasteiger partial charge is 0.327 e. The Morgan fingerprint density at radius 1 is 1.17 bits per heavy atom. The standard InChI is InChI=1S/C23H29ClN2O2S/c1-2-10-29(27,28)26-14-19(15-26)18-7-6-17-8-9-23(25)22(21(17)13-18)12-16-4-3-5-20(24)11-16/h3-7,11,13,19,22-23H,2,8-10,12,14-15,25H2,1H3. The number of aryl methyl sites for hydroxylation is 1. The molecule has 0 bridgehead atoms. The van der Waals surface area contributed by atoms with E-state index in [0.717, 1.165) is 24.3 Å². The zero-order valence-electron chi connectivity index (χ0n) is 16.9. The Balaban J connectivity index is 1.55. The second-order valence-corrected chi connectivity index (χ2v) is 11.0. The van der Waals surface area contributed by atoms with E-state index in [0.29, 0.717) is 19.5 Å². The second-order valence-electron chi connectivity index (χ2n) is 8.43. The fourth-order valence-corrected chi connectivity index (χ4v) is 6.44. The first-order chi connectivity index (χ1) is 13.9. The molecule has 29 heavy (non-hydrogen) atoms. The second kappa shape index (κ2) is 8.38. The van der Waals surface area contributed by atoms with Crippen molar-refractivity contribution in [1.29, 1.82) is 0 Å². The summed E-state index contributed by atoms with van der Waals surface area (Å²) in [4.78, 5) is 0. The van der Waals surface area contributed by atoms with Crippen LogP contribution < -0.4 is 5.73 Å². The molecular weight excluding hydrogens is 404 g/mol. The van der Waals surface area contributed by atoms with Crippen molar-refractivity contribution >= 4 is 21.6 Å². The number of nitrogens with two attached hydrogens (primary N) is 1. The Hall–Kier alpha value is -1.40. The number of benzene rings is 2. The van der Waals surface area contributed by atoms with Gasteiger partial charge in [0.2, 0.25) is 10.0 Å². The summed E-state index contributed by atoms with van der Waals surface area (Å²) in [6.45, 7) is 3.08. The zero-order valence-corrected chi connectivity index (χ0v) is 18.4. The molecule has 2 aromatic carbocycles. The molecule has 0 aromatic heterocycles. The summed E-state index contributed by atoms with van der Waals surface area (Å²) in [7, 11) is -3.10. The number of rotatable bonds is 6. The van der Waals surface area contributed by atoms with Crippen LogP contribution in [0.15, 0.2) is 42.5 Å². The zero-order chi connectivity index (χ0) is 20.6. The van der Waals surface area contributed by atoms with Crippen molar-refractivity contribution in [2.45, 2.75) is 50.5 Å². The first kappa shape index (κ1) is 20.9. The van der Waals surface area contributed by atoms with Gasteiger partial charge in [-0.15, -0.1) is 0 Å². The number of hydrogen-bond donors (Lipinski definition) is 1. The van der Waals surface area contributed by atoms with Gasteiger partial charge in [-0.1, -0.05) is 48.9 Å². The Morgan fingerprint density at radius 3 is 2.69 bits per heavy atom. The molecule has 0 spiro atoms. The lowest BCUT2D eigenvalue weighted by molar-refractivity contribution is 0.264. The van der Waals surface area contributed by atoms with Crippen LogP contribution in [0.1, 0.15) is 53.9 Å². The minimum absolute atomic E-state index is 0.125. The summed E-state index contributed by atoms with van der Waals surface area (Å²) in [5.41, 5.74) is 11.7. The molecule has 4 nitrogen and oxygen atoms in total. The van der Waals surface area contributed by atoms with Gasteiger partial charge >= 0.3 is 0 Å². The van der Waals surface area contributed by atoms with Crippen LogP contribution in [0.5, 0.6) is 0 Å². The highest BCUT2D eigenvalue weighted by Crippen LogP contribution is 2.38. The Bertz CT molecular complexity index is 986. The molecule has 6 heteroatoms. The summed E-state index contributed by atoms with van der Waals surface area (Å²) in [5.74, 6) is 0.773. The minimum atomic E-state index is -3.10. The van der Waals surface area contributed by atoms with E-state index in [9.17, 15) is 8.42 Å². The maximum atomic E-state index is 12.2. The molecule has 1 fully saturated rings. The summed E-state index contributed by atoms with van der Waals surface area (Å²) < 4.78 is 26.1. The van der Waals surface area contributed by atoms with E-state index in [4.69, 9.17) is 17.3 Å². The number of sulfonamides is 1. The fraction of sp³-hybridized carbons (Fsp3) is 0.478. The number of nitrogens with zero attached hydrogens (tertiary/aromatic N) is 1. The monoisotopic (exact) mass is 432 g/mol. The topological polar surface area (TPSA) is 63.4 Å². The molecule has 0 saturated carbocycles. The third kappa shape index (κ3) is 4.38. The molecule has 1 heterocycles. The molecule has 1 saturated heterocycles. The number of fused-ring (bicyclic) bond motifs is 1. The van der Waals surface area contributed by atoms with Crippen molar-refractivity contribution in [3.63, 3.8) is 0 Å². The van der Waals surface area contributed by atoms with E-state index < -0.39 is 10.0 Å². The van der Waals surface area contributed by atoms with Gasteiger partial charge in [-0.25, -0.2) is 12.7 Å². The van der Waals surface area contributed by atoms with Crippen LogP contribution in [0, 0.1) is 0 Å². The first-order valence-electron chi connectivity index (χ1n) is 10.5. The van der Waals surface area contributed by atoms with Crippen LogP contribution >= 0.6 is 11.6 Å². The van der Waals surface area contributed by atoms with Crippen LogP contribution in [0.2, 0.25) is 5.02 Å². The minimum Gasteiger partial charge on any atom is -0.327 e. The molecular formula is C23H29ClN2O2S. The Kier molecular flexibility index (Phi) is 6.03. The van der Waals surface area contributed by atoms with Crippen molar-refractivity contribution in [3.05, 3.63) is 69.7 Å². The Morgan fingerprint density at radius 2 is 1.97 bits per heavy atom. The van der Waals surface area contributed by atoms with Gasteiger partial charge in [0.15, 0.2) is 0 Å². The van der Waals surface area contributed by atoms with Crippen molar-refractivity contribution in [2.24, 2.45) is 5.73 Å². The average Bonchev–Trinajstić information content (AvgIpc) is 2.63. The molecule has 2 unspecified atom stereocenters. The molecule has 0 radical (unpaired) electrons. The molecule has 2 atom stereocenters. The highest BCUT2D eigenvalue weighted by Gasteiger charge is 2.37. The lowest BCUT2D eigenvalue weighted by Gasteiger charge is -2.39. The van der Waals surface area contributed by atoms with E-state index in [1.165, 1.54) is 22.3 Å². The third-order valence-electron chi connectivity index (χ3n) is 6.35. The Labute approximate surface area is 179 Å². The summed E-state index contributed by atoms with van der Waals surface area (Å²) in [6.07, 6.45) is 3.53. The van der Waals surface area contributed by atoms with Crippen molar-refractivity contribution in [3.8, 4) is 0 Å². The van der Waals surface area contributed by atoms with Gasteiger partial charge in [0.1, 0.15) is 0 Å². The normalized spacial score (nSPS) is 22.9. The van der Waals surface area contributed by atoms with Gasteiger partial charge < -0.3 is 5.73 Å². The van der Waals surface area contributed by atoms with Crippen LogP contribution in [0.4, 0.5) is 0 Å². The highest BCUT2D eigenvalue weighted by molar-refractivity contribution is 7.89. The lowest BCUT2D eigenvalue weighted by Crippen LogP contribution is -2.49. The molecule has 4 rings (SSSR count). The average molecular weight is 433 g/mol. The maximum Gasteiger partial charge on any atom is 0.214 e. The molecule has 1 aliphatic carbocycles. The molecule has 2 N–H and O–H groups in total. The van der Waals surface area contributed by atoms with Gasteiger partial charge in [0, 0.05) is 36.0 Å². The molecule has 2 aromatic rings. The van der Waals surface area contributed by atoms with E-state index in [2.05, 4.69) is 24.3 Å². The predicted octanol–water partition coefficient (Wildman–Crippen LogP) is 4.08. The SMILES string of the molecule is CCCS(=O)(=O)N1CC(c2ccc3c(c2)C(Cc2cccc(Cl)c2)C(N)CC3)C1. The molecule has 156 valence electrons. The van der Waals surface area contributed by atoms with Gasteiger partial charge in [-0.2, -0.15) is 0 Å². The maximum absolute atomic E-state index is 12.2. The quantitative estimate of drug-likeness (QED) is 0.748.